The number of nitrogens with zero attached hydrogens (tertiary/aromatic N) is 2. The molecule has 2 heterocycles. The predicted molar refractivity (Wildman–Crippen MR) is 116 cm³/mol. The number of hydrogen-bond acceptors (Lipinski definition) is 4. The van der Waals surface area contributed by atoms with Gasteiger partial charge in [-0.1, -0.05) is 76.1 Å². The van der Waals surface area contributed by atoms with Crippen molar-refractivity contribution in [2.75, 3.05) is 0 Å². The quantitative estimate of drug-likeness (QED) is 0.498. The van der Waals surface area contributed by atoms with Crippen LogP contribution >= 0.6 is 15.9 Å². The fraction of sp³-hybridized carbons (Fsp3) is 0.167. The third-order valence-corrected chi connectivity index (χ3v) is 5.91. The summed E-state index contributed by atoms with van der Waals surface area (Å²) in [6, 6.07) is 23.5. The Morgan fingerprint density at radius 3 is 2.59 bits per heavy atom. The van der Waals surface area contributed by atoms with Crippen LogP contribution in [0, 0.1) is 6.92 Å². The fourth-order valence-corrected chi connectivity index (χ4v) is 4.28. The Bertz CT molecular complexity index is 1110. The molecule has 4 nitrogen and oxygen atoms in total. The molecule has 2 aliphatic rings. The van der Waals surface area contributed by atoms with Crippen molar-refractivity contribution in [1.29, 1.82) is 0 Å². The Hall–Kier alpha value is -2.92. The maximum absolute atomic E-state index is 13.3. The molecule has 0 aromatic heterocycles. The molecule has 2 aliphatic heterocycles. The highest BCUT2D eigenvalue weighted by Gasteiger charge is 2.43. The first-order chi connectivity index (χ1) is 14.1. The van der Waals surface area contributed by atoms with Gasteiger partial charge in [-0.3, -0.25) is 4.79 Å². The summed E-state index contributed by atoms with van der Waals surface area (Å²) in [6.45, 7) is 2.07. The Morgan fingerprint density at radius 1 is 1.07 bits per heavy atom. The van der Waals surface area contributed by atoms with E-state index >= 15 is 0 Å². The summed E-state index contributed by atoms with van der Waals surface area (Å²) < 4.78 is 7.15. The average Bonchev–Trinajstić information content (AvgIpc) is 3.20. The van der Waals surface area contributed by atoms with Crippen LogP contribution in [0.1, 0.15) is 39.5 Å². The number of ether oxygens (including phenoxy) is 1. The number of halogens is 1. The third-order valence-electron chi connectivity index (χ3n) is 5.42. The van der Waals surface area contributed by atoms with Gasteiger partial charge in [-0.15, -0.1) is 0 Å². The number of Topliss-reactive ketones (excluding diaryl/α,β-unsaturated/α-hetero) is 1. The van der Waals surface area contributed by atoms with Gasteiger partial charge in [0.25, 0.3) is 6.23 Å². The number of carbonyl (C=O) groups excluding carboxylic acids is 1. The molecule has 5 heteroatoms. The standard InChI is InChI=1S/C24H19BrN2O2/c1-15-7-9-16(10-8-15)20-14-21-19-13-18(25)11-12-22(19)29-24(27(21)26-20)23(28)17-5-3-2-4-6-17/h2-13,21,24H,14H2,1H3/t21-,24-/m1/s1. The van der Waals surface area contributed by atoms with E-state index < -0.39 is 6.23 Å². The first-order valence-electron chi connectivity index (χ1n) is 9.58. The summed E-state index contributed by atoms with van der Waals surface area (Å²) in [5.74, 6) is 0.655. The van der Waals surface area contributed by atoms with Crippen LogP contribution in [-0.2, 0) is 0 Å². The molecule has 0 unspecified atom stereocenters. The zero-order valence-electron chi connectivity index (χ0n) is 15.9. The zero-order valence-corrected chi connectivity index (χ0v) is 17.5. The van der Waals surface area contributed by atoms with Gasteiger partial charge in [-0.2, -0.15) is 5.10 Å². The SMILES string of the molecule is Cc1ccc(C2=NN3[C@@H](C(=O)c4ccccc4)Oc4ccc(Br)cc4[C@H]3C2)cc1. The van der Waals surface area contributed by atoms with E-state index in [0.717, 1.165) is 33.5 Å². The molecule has 0 fully saturated rings. The maximum atomic E-state index is 13.3. The van der Waals surface area contributed by atoms with Crippen molar-refractivity contribution in [3.8, 4) is 5.75 Å². The van der Waals surface area contributed by atoms with E-state index in [9.17, 15) is 4.79 Å². The van der Waals surface area contributed by atoms with Crippen LogP contribution < -0.4 is 4.74 Å². The minimum Gasteiger partial charge on any atom is -0.461 e. The van der Waals surface area contributed by atoms with Crippen LogP contribution in [0.25, 0.3) is 0 Å². The van der Waals surface area contributed by atoms with E-state index in [1.807, 2.05) is 47.5 Å². The van der Waals surface area contributed by atoms with Crippen LogP contribution in [0.3, 0.4) is 0 Å². The van der Waals surface area contributed by atoms with Gasteiger partial charge in [-0.05, 0) is 30.7 Å². The lowest BCUT2D eigenvalue weighted by Crippen LogP contribution is -2.45. The van der Waals surface area contributed by atoms with Gasteiger partial charge in [-0.25, -0.2) is 5.01 Å². The lowest BCUT2D eigenvalue weighted by molar-refractivity contribution is -0.00459. The minimum atomic E-state index is -0.779. The highest BCUT2D eigenvalue weighted by Crippen LogP contribution is 2.44. The molecule has 3 aromatic carbocycles. The second-order valence-corrected chi connectivity index (χ2v) is 8.31. The Kier molecular flexibility index (Phi) is 4.47. The molecule has 0 bridgehead atoms. The number of aryl methyl sites for hydroxylation is 1. The van der Waals surface area contributed by atoms with Crippen molar-refractivity contribution in [3.05, 3.63) is 99.5 Å². The van der Waals surface area contributed by atoms with E-state index in [2.05, 4.69) is 53.2 Å². The van der Waals surface area contributed by atoms with Crippen molar-refractivity contribution in [2.45, 2.75) is 25.6 Å². The summed E-state index contributed by atoms with van der Waals surface area (Å²) in [6.07, 6.45) is -0.0481. The van der Waals surface area contributed by atoms with Gasteiger partial charge in [0.1, 0.15) is 5.75 Å². The van der Waals surface area contributed by atoms with E-state index in [0.29, 0.717) is 5.56 Å². The van der Waals surface area contributed by atoms with Crippen molar-refractivity contribution >= 4 is 27.4 Å². The highest BCUT2D eigenvalue weighted by atomic mass is 79.9. The van der Waals surface area contributed by atoms with E-state index in [1.165, 1.54) is 5.56 Å². The second kappa shape index (κ2) is 7.16. The van der Waals surface area contributed by atoms with Crippen molar-refractivity contribution in [2.24, 2.45) is 5.10 Å². The van der Waals surface area contributed by atoms with Crippen LogP contribution in [0.5, 0.6) is 5.75 Å². The second-order valence-electron chi connectivity index (χ2n) is 7.40. The number of fused-ring (bicyclic) bond motifs is 3. The zero-order chi connectivity index (χ0) is 20.0. The highest BCUT2D eigenvalue weighted by molar-refractivity contribution is 9.10. The summed E-state index contributed by atoms with van der Waals surface area (Å²) in [4.78, 5) is 13.3. The number of benzene rings is 3. The van der Waals surface area contributed by atoms with Crippen molar-refractivity contribution in [1.82, 2.24) is 5.01 Å². The number of hydrogen-bond donors (Lipinski definition) is 0. The molecule has 0 amide bonds. The monoisotopic (exact) mass is 446 g/mol. The maximum Gasteiger partial charge on any atom is 0.251 e. The van der Waals surface area contributed by atoms with E-state index in [4.69, 9.17) is 9.84 Å². The predicted octanol–water partition coefficient (Wildman–Crippen LogP) is 5.51. The van der Waals surface area contributed by atoms with Crippen molar-refractivity contribution < 1.29 is 9.53 Å². The van der Waals surface area contributed by atoms with Gasteiger partial charge in [0.2, 0.25) is 5.78 Å². The van der Waals surface area contributed by atoms with Gasteiger partial charge in [0.15, 0.2) is 0 Å². The minimum absolute atomic E-state index is 0.0368. The van der Waals surface area contributed by atoms with Crippen molar-refractivity contribution in [3.63, 3.8) is 0 Å². The number of carbonyl (C=O) groups is 1. The molecule has 0 radical (unpaired) electrons. The molecule has 3 aromatic rings. The molecule has 2 atom stereocenters. The van der Waals surface area contributed by atoms with E-state index in [-0.39, 0.29) is 11.8 Å². The van der Waals surface area contributed by atoms with Gasteiger partial charge < -0.3 is 4.74 Å². The topological polar surface area (TPSA) is 41.9 Å². The largest absolute Gasteiger partial charge is 0.461 e. The van der Waals surface area contributed by atoms with Crippen LogP contribution in [0.15, 0.2) is 82.4 Å². The number of ketones is 1. The lowest BCUT2D eigenvalue weighted by Gasteiger charge is -2.37. The summed E-state index contributed by atoms with van der Waals surface area (Å²) >= 11 is 3.56. The molecule has 0 aliphatic carbocycles. The third kappa shape index (κ3) is 3.25. The molecule has 0 saturated heterocycles. The van der Waals surface area contributed by atoms with Gasteiger partial charge in [0.05, 0.1) is 11.8 Å². The molecule has 5 rings (SSSR count). The molecular formula is C24H19BrN2O2. The Labute approximate surface area is 177 Å². The molecular weight excluding hydrogens is 428 g/mol. The smallest absolute Gasteiger partial charge is 0.251 e. The van der Waals surface area contributed by atoms with Crippen LogP contribution in [-0.4, -0.2) is 22.7 Å². The Morgan fingerprint density at radius 2 is 1.83 bits per heavy atom. The first-order valence-corrected chi connectivity index (χ1v) is 10.4. The summed E-state index contributed by atoms with van der Waals surface area (Å²) in [7, 11) is 0. The summed E-state index contributed by atoms with van der Waals surface area (Å²) in [5.41, 5.74) is 4.92. The molecule has 0 N–H and O–H groups in total. The molecule has 29 heavy (non-hydrogen) atoms. The van der Waals surface area contributed by atoms with Crippen LogP contribution in [0.4, 0.5) is 0 Å². The fourth-order valence-electron chi connectivity index (χ4n) is 3.90. The molecule has 0 spiro atoms. The van der Waals surface area contributed by atoms with E-state index in [1.54, 1.807) is 0 Å². The molecule has 0 saturated carbocycles. The Balaban J connectivity index is 1.58. The number of hydrazone groups is 1. The normalized spacial score (nSPS) is 19.8. The average molecular weight is 447 g/mol. The van der Waals surface area contributed by atoms with Gasteiger partial charge in [0, 0.05) is 22.0 Å². The summed E-state index contributed by atoms with van der Waals surface area (Å²) in [5, 5.41) is 6.69. The molecule has 144 valence electrons. The van der Waals surface area contributed by atoms with Gasteiger partial charge >= 0.3 is 0 Å². The van der Waals surface area contributed by atoms with Crippen LogP contribution in [0.2, 0.25) is 0 Å². The lowest BCUT2D eigenvalue weighted by atomic mass is 9.95. The number of rotatable bonds is 3. The first kappa shape index (κ1) is 18.1.